The van der Waals surface area contributed by atoms with E-state index in [1.807, 2.05) is 48.5 Å². The van der Waals surface area contributed by atoms with Gasteiger partial charge in [0.25, 0.3) is 0 Å². The molecule has 3 aromatic carbocycles. The molecule has 13 heteroatoms. The highest BCUT2D eigenvalue weighted by Gasteiger charge is 2.33. The summed E-state index contributed by atoms with van der Waals surface area (Å²) in [5.41, 5.74) is 3.07. The Morgan fingerprint density at radius 1 is 0.778 bits per heavy atom. The van der Waals surface area contributed by atoms with E-state index in [9.17, 15) is 36.3 Å². The third-order valence-corrected chi connectivity index (χ3v) is 6.88. The van der Waals surface area contributed by atoms with Crippen LogP contribution in [0.1, 0.15) is 57.1 Å². The number of fused-ring (bicyclic) bond motifs is 3. The summed E-state index contributed by atoms with van der Waals surface area (Å²) in [5, 5.41) is 4.78. The fourth-order valence-electron chi connectivity index (χ4n) is 4.86. The number of halogens is 5. The van der Waals surface area contributed by atoms with Gasteiger partial charge in [0.2, 0.25) is 34.8 Å². The molecule has 0 saturated carbocycles. The first-order chi connectivity index (χ1) is 21.3. The van der Waals surface area contributed by atoms with Crippen LogP contribution in [0, 0.1) is 29.1 Å². The van der Waals surface area contributed by atoms with E-state index in [-0.39, 0.29) is 38.3 Å². The number of nitrogens with one attached hydrogen (secondary N) is 2. The van der Waals surface area contributed by atoms with Crippen molar-refractivity contribution in [3.8, 4) is 16.9 Å². The summed E-state index contributed by atoms with van der Waals surface area (Å²) in [6.45, 7) is 5.03. The summed E-state index contributed by atoms with van der Waals surface area (Å²) >= 11 is 0. The van der Waals surface area contributed by atoms with Crippen LogP contribution in [0.15, 0.2) is 48.5 Å². The number of rotatable bonds is 10. The molecule has 8 nitrogen and oxygen atoms in total. The zero-order valence-electron chi connectivity index (χ0n) is 24.6. The van der Waals surface area contributed by atoms with E-state index < -0.39 is 64.6 Å². The lowest BCUT2D eigenvalue weighted by molar-refractivity contribution is -0.137. The second-order valence-electron chi connectivity index (χ2n) is 11.3. The third kappa shape index (κ3) is 7.89. The van der Waals surface area contributed by atoms with Crippen molar-refractivity contribution in [3.05, 3.63) is 88.7 Å². The second kappa shape index (κ2) is 14.0. The van der Waals surface area contributed by atoms with E-state index in [0.29, 0.717) is 0 Å². The average molecular weight is 635 g/mol. The Morgan fingerprint density at radius 2 is 1.31 bits per heavy atom. The van der Waals surface area contributed by atoms with Crippen molar-refractivity contribution in [1.29, 1.82) is 0 Å². The average Bonchev–Trinajstić information content (AvgIpc) is 3.32. The lowest BCUT2D eigenvalue weighted by Crippen LogP contribution is -2.44. The van der Waals surface area contributed by atoms with Gasteiger partial charge in [-0.3, -0.25) is 0 Å². The first-order valence-corrected chi connectivity index (χ1v) is 14.1. The van der Waals surface area contributed by atoms with Crippen LogP contribution in [0.25, 0.3) is 11.1 Å². The van der Waals surface area contributed by atoms with Gasteiger partial charge in [-0.15, -0.1) is 0 Å². The van der Waals surface area contributed by atoms with Gasteiger partial charge in [0.05, 0.1) is 0 Å². The first kappa shape index (κ1) is 33.2. The molecule has 3 aromatic rings. The molecule has 2 N–H and O–H groups in total. The largest absolute Gasteiger partial charge is 0.449 e. The van der Waals surface area contributed by atoms with Gasteiger partial charge in [-0.1, -0.05) is 48.5 Å². The molecule has 0 unspecified atom stereocenters. The first-order valence-electron chi connectivity index (χ1n) is 14.1. The molecular weight excluding hydrogens is 603 g/mol. The molecule has 0 bridgehead atoms. The standard InChI is InChI=1S/C32H31F5N2O6/c1-32(2,3)45-30(41)38-15-9-8-14-22(29(40)44-28-26(36)24(34)23(33)25(35)27(28)37)39-31(42)43-16-21-19-12-6-4-10-17(19)18-11-5-7-13-20(18)21/h4-7,10-13,21-22H,8-9,14-16H2,1-3H3,(H,38,41)(H,39,42)/t22-/m0/s1. The van der Waals surface area contributed by atoms with Crippen molar-refractivity contribution in [2.45, 2.75) is 57.6 Å². The van der Waals surface area contributed by atoms with Crippen LogP contribution < -0.4 is 15.4 Å². The van der Waals surface area contributed by atoms with Gasteiger partial charge >= 0.3 is 18.2 Å². The fraction of sp³-hybridized carbons (Fsp3) is 0.344. The molecule has 45 heavy (non-hydrogen) atoms. The Kier molecular flexibility index (Phi) is 10.3. The van der Waals surface area contributed by atoms with Gasteiger partial charge < -0.3 is 24.8 Å². The number of hydrogen-bond acceptors (Lipinski definition) is 6. The quantitative estimate of drug-likeness (QED) is 0.0629. The Morgan fingerprint density at radius 3 is 1.87 bits per heavy atom. The molecule has 1 aliphatic carbocycles. The molecule has 2 amide bonds. The summed E-state index contributed by atoms with van der Waals surface area (Å²) < 4.78 is 84.4. The van der Waals surface area contributed by atoms with E-state index in [1.165, 1.54) is 0 Å². The smallest absolute Gasteiger partial charge is 0.407 e. The summed E-state index contributed by atoms with van der Waals surface area (Å²) in [6.07, 6.45) is -1.55. The zero-order chi connectivity index (χ0) is 32.9. The summed E-state index contributed by atoms with van der Waals surface area (Å²) in [4.78, 5) is 37.6. The van der Waals surface area contributed by atoms with E-state index >= 15 is 0 Å². The van der Waals surface area contributed by atoms with Gasteiger partial charge in [0, 0.05) is 12.5 Å². The summed E-state index contributed by atoms with van der Waals surface area (Å²) in [5.74, 6) is -15.3. The predicted octanol–water partition coefficient (Wildman–Crippen LogP) is 6.89. The van der Waals surface area contributed by atoms with Crippen LogP contribution in [0.2, 0.25) is 0 Å². The molecule has 0 saturated heterocycles. The summed E-state index contributed by atoms with van der Waals surface area (Å²) in [7, 11) is 0. The van der Waals surface area contributed by atoms with Gasteiger partial charge in [-0.25, -0.2) is 27.6 Å². The van der Waals surface area contributed by atoms with E-state index in [2.05, 4.69) is 15.4 Å². The molecule has 0 spiro atoms. The van der Waals surface area contributed by atoms with Gasteiger partial charge in [-0.05, 0) is 62.3 Å². The van der Waals surface area contributed by atoms with E-state index in [4.69, 9.17) is 9.47 Å². The Hall–Kier alpha value is -4.68. The zero-order valence-corrected chi connectivity index (χ0v) is 24.6. The van der Waals surface area contributed by atoms with Crippen LogP contribution in [0.4, 0.5) is 31.5 Å². The van der Waals surface area contributed by atoms with Crippen molar-refractivity contribution < 1.29 is 50.5 Å². The van der Waals surface area contributed by atoms with Crippen LogP contribution >= 0.6 is 0 Å². The summed E-state index contributed by atoms with van der Waals surface area (Å²) in [6, 6.07) is 13.5. The van der Waals surface area contributed by atoms with E-state index in [1.54, 1.807) is 20.8 Å². The number of carbonyl (C=O) groups excluding carboxylic acids is 3. The molecule has 1 aliphatic rings. The van der Waals surface area contributed by atoms with Crippen molar-refractivity contribution in [3.63, 3.8) is 0 Å². The number of ether oxygens (including phenoxy) is 3. The lowest BCUT2D eigenvalue weighted by Gasteiger charge is -2.20. The molecule has 240 valence electrons. The Bertz CT molecular complexity index is 1520. The van der Waals surface area contributed by atoms with Gasteiger partial charge in [-0.2, -0.15) is 8.78 Å². The minimum absolute atomic E-state index is 0.110. The van der Waals surface area contributed by atoms with Crippen molar-refractivity contribution in [2.24, 2.45) is 0 Å². The van der Waals surface area contributed by atoms with Crippen molar-refractivity contribution in [1.82, 2.24) is 10.6 Å². The van der Waals surface area contributed by atoms with Gasteiger partial charge in [0.15, 0.2) is 0 Å². The molecule has 0 fully saturated rings. The van der Waals surface area contributed by atoms with Crippen LogP contribution in [0.3, 0.4) is 0 Å². The monoisotopic (exact) mass is 634 g/mol. The van der Waals surface area contributed by atoms with Crippen molar-refractivity contribution >= 4 is 18.2 Å². The second-order valence-corrected chi connectivity index (χ2v) is 11.3. The van der Waals surface area contributed by atoms with Crippen LogP contribution in [0.5, 0.6) is 5.75 Å². The fourth-order valence-corrected chi connectivity index (χ4v) is 4.86. The number of alkyl carbamates (subject to hydrolysis) is 2. The minimum atomic E-state index is -2.42. The highest BCUT2D eigenvalue weighted by molar-refractivity contribution is 5.83. The lowest BCUT2D eigenvalue weighted by atomic mass is 9.98. The number of benzene rings is 3. The van der Waals surface area contributed by atoms with Crippen molar-refractivity contribution in [2.75, 3.05) is 13.2 Å². The van der Waals surface area contributed by atoms with Gasteiger partial charge in [0.1, 0.15) is 18.2 Å². The number of hydrogen-bond donors (Lipinski definition) is 2. The highest BCUT2D eigenvalue weighted by atomic mass is 19.2. The number of carbonyl (C=O) groups is 3. The maximum atomic E-state index is 14.2. The predicted molar refractivity (Wildman–Crippen MR) is 152 cm³/mol. The SMILES string of the molecule is CC(C)(C)OC(=O)NCCCC[C@H](NC(=O)OCC1c2ccccc2-c2ccccc21)C(=O)Oc1c(F)c(F)c(F)c(F)c1F. The molecular formula is C32H31F5N2O6. The molecule has 0 radical (unpaired) electrons. The Labute approximate surface area is 255 Å². The number of unbranched alkanes of at least 4 members (excludes halogenated alkanes) is 1. The maximum Gasteiger partial charge on any atom is 0.407 e. The molecule has 4 rings (SSSR count). The number of amides is 2. The maximum absolute atomic E-state index is 14.2. The van der Waals surface area contributed by atoms with Crippen LogP contribution in [-0.4, -0.2) is 43.0 Å². The highest BCUT2D eigenvalue weighted by Crippen LogP contribution is 2.44. The molecule has 0 aliphatic heterocycles. The normalized spacial score (nSPS) is 13.0. The molecule has 1 atom stereocenters. The molecule has 0 aromatic heterocycles. The molecule has 0 heterocycles. The Balaban J connectivity index is 1.44. The minimum Gasteiger partial charge on any atom is -0.449 e. The van der Waals surface area contributed by atoms with E-state index in [0.717, 1.165) is 22.3 Å². The third-order valence-electron chi connectivity index (χ3n) is 6.88. The topological polar surface area (TPSA) is 103 Å². The number of esters is 1. The van der Waals surface area contributed by atoms with Crippen LogP contribution in [-0.2, 0) is 14.3 Å².